The van der Waals surface area contributed by atoms with E-state index in [9.17, 15) is 4.21 Å². The molecule has 2 unspecified atom stereocenters. The van der Waals surface area contributed by atoms with Crippen LogP contribution in [0.3, 0.4) is 0 Å². The fraction of sp³-hybridized carbons (Fsp3) is 0.500. The minimum Gasteiger partial charge on any atom is -0.330 e. The van der Waals surface area contributed by atoms with E-state index in [2.05, 4.69) is 4.98 Å². The van der Waals surface area contributed by atoms with Crippen LogP contribution in [0.5, 0.6) is 0 Å². The van der Waals surface area contributed by atoms with Gasteiger partial charge in [-0.3, -0.25) is 8.61 Å². The zero-order valence-electron chi connectivity index (χ0n) is 9.13. The number of nitrogens with zero attached hydrogens (tertiary/aromatic N) is 2. The summed E-state index contributed by atoms with van der Waals surface area (Å²) in [6, 6.07) is 0. The van der Waals surface area contributed by atoms with Gasteiger partial charge in [0, 0.05) is 33.8 Å². The standard InChI is InChI=1S/C10H15N3OS2/c1-8(2-3-11)16(14)7-9-6-13-4-5-15-10(13)12-9/h4-6,8H,2-3,7,11H2,1H3. The quantitative estimate of drug-likeness (QED) is 0.880. The normalized spacial score (nSPS) is 15.4. The van der Waals surface area contributed by atoms with E-state index in [1.807, 2.05) is 29.1 Å². The first-order chi connectivity index (χ1) is 7.70. The van der Waals surface area contributed by atoms with Crippen molar-refractivity contribution in [1.29, 1.82) is 0 Å². The van der Waals surface area contributed by atoms with E-state index in [-0.39, 0.29) is 5.25 Å². The number of hydrogen-bond donors (Lipinski definition) is 1. The van der Waals surface area contributed by atoms with Gasteiger partial charge in [0.25, 0.3) is 0 Å². The minimum atomic E-state index is -0.878. The van der Waals surface area contributed by atoms with Crippen LogP contribution in [0.2, 0.25) is 0 Å². The Bertz CT molecular complexity index is 462. The van der Waals surface area contributed by atoms with Crippen molar-refractivity contribution in [2.24, 2.45) is 5.73 Å². The highest BCUT2D eigenvalue weighted by Crippen LogP contribution is 2.14. The number of fused-ring (bicyclic) bond motifs is 1. The molecule has 0 aliphatic carbocycles. The Morgan fingerprint density at radius 2 is 2.50 bits per heavy atom. The predicted molar refractivity (Wildman–Crippen MR) is 68.0 cm³/mol. The van der Waals surface area contributed by atoms with Crippen LogP contribution in [-0.2, 0) is 16.6 Å². The van der Waals surface area contributed by atoms with Crippen molar-refractivity contribution in [2.45, 2.75) is 24.3 Å². The van der Waals surface area contributed by atoms with E-state index in [0.717, 1.165) is 17.1 Å². The van der Waals surface area contributed by atoms with Gasteiger partial charge in [-0.25, -0.2) is 4.98 Å². The molecular weight excluding hydrogens is 242 g/mol. The molecule has 6 heteroatoms. The second kappa shape index (κ2) is 5.07. The molecule has 4 nitrogen and oxygen atoms in total. The molecule has 2 heterocycles. The number of aromatic nitrogens is 2. The molecule has 2 aromatic rings. The Kier molecular flexibility index (Phi) is 3.73. The number of nitrogens with two attached hydrogens (primary N) is 1. The Morgan fingerprint density at radius 1 is 1.69 bits per heavy atom. The van der Waals surface area contributed by atoms with Crippen LogP contribution in [0.4, 0.5) is 0 Å². The van der Waals surface area contributed by atoms with Crippen molar-refractivity contribution in [3.05, 3.63) is 23.5 Å². The lowest BCUT2D eigenvalue weighted by Gasteiger charge is -2.07. The first-order valence-corrected chi connectivity index (χ1v) is 7.45. The molecule has 2 atom stereocenters. The molecule has 0 amide bonds. The summed E-state index contributed by atoms with van der Waals surface area (Å²) in [5, 5.41) is 2.13. The molecule has 2 N–H and O–H groups in total. The summed E-state index contributed by atoms with van der Waals surface area (Å²) >= 11 is 1.59. The third-order valence-electron chi connectivity index (χ3n) is 2.46. The second-order valence-corrected chi connectivity index (χ2v) is 6.47. The van der Waals surface area contributed by atoms with Gasteiger partial charge < -0.3 is 5.73 Å². The van der Waals surface area contributed by atoms with E-state index >= 15 is 0 Å². The Morgan fingerprint density at radius 3 is 3.19 bits per heavy atom. The fourth-order valence-electron chi connectivity index (χ4n) is 1.50. The highest BCUT2D eigenvalue weighted by Gasteiger charge is 2.13. The molecule has 0 aromatic carbocycles. The number of thiazole rings is 1. The highest BCUT2D eigenvalue weighted by atomic mass is 32.2. The van der Waals surface area contributed by atoms with E-state index in [1.54, 1.807) is 11.3 Å². The smallest absolute Gasteiger partial charge is 0.193 e. The van der Waals surface area contributed by atoms with Crippen molar-refractivity contribution in [2.75, 3.05) is 6.54 Å². The SMILES string of the molecule is CC(CCN)S(=O)Cc1cn2ccsc2n1. The summed E-state index contributed by atoms with van der Waals surface area (Å²) in [5.74, 6) is 0.523. The van der Waals surface area contributed by atoms with Crippen LogP contribution >= 0.6 is 11.3 Å². The largest absolute Gasteiger partial charge is 0.330 e. The molecule has 2 aromatic heterocycles. The second-order valence-electron chi connectivity index (χ2n) is 3.74. The Balaban J connectivity index is 2.04. The number of imidazole rings is 1. The maximum absolute atomic E-state index is 11.9. The third kappa shape index (κ3) is 2.50. The molecule has 16 heavy (non-hydrogen) atoms. The van der Waals surface area contributed by atoms with Gasteiger partial charge in [0.05, 0.1) is 11.4 Å². The monoisotopic (exact) mass is 257 g/mol. The van der Waals surface area contributed by atoms with Crippen molar-refractivity contribution in [1.82, 2.24) is 9.38 Å². The average molecular weight is 257 g/mol. The number of rotatable bonds is 5. The Hall–Kier alpha value is -0.720. The summed E-state index contributed by atoms with van der Waals surface area (Å²) in [6.07, 6.45) is 4.70. The zero-order valence-corrected chi connectivity index (χ0v) is 10.8. The van der Waals surface area contributed by atoms with Crippen LogP contribution in [0.15, 0.2) is 17.8 Å². The summed E-state index contributed by atoms with van der Waals surface area (Å²) in [5.41, 5.74) is 6.35. The molecule has 0 bridgehead atoms. The lowest BCUT2D eigenvalue weighted by Crippen LogP contribution is -2.17. The van der Waals surface area contributed by atoms with Crippen molar-refractivity contribution in [3.63, 3.8) is 0 Å². The van der Waals surface area contributed by atoms with E-state index in [0.29, 0.717) is 12.3 Å². The number of hydrogen-bond acceptors (Lipinski definition) is 4. The molecule has 88 valence electrons. The first-order valence-electron chi connectivity index (χ1n) is 5.19. The highest BCUT2D eigenvalue weighted by molar-refractivity contribution is 7.84. The first kappa shape index (κ1) is 11.8. The molecule has 0 radical (unpaired) electrons. The fourth-order valence-corrected chi connectivity index (χ4v) is 3.33. The molecule has 0 aliphatic rings. The Labute approximate surface area is 101 Å². The van der Waals surface area contributed by atoms with Crippen molar-refractivity contribution < 1.29 is 4.21 Å². The van der Waals surface area contributed by atoms with Gasteiger partial charge in [0.1, 0.15) is 0 Å². The molecular formula is C10H15N3OS2. The minimum absolute atomic E-state index is 0.143. The predicted octanol–water partition coefficient (Wildman–Crippen LogP) is 1.38. The maximum atomic E-state index is 11.9. The molecule has 0 spiro atoms. The van der Waals surface area contributed by atoms with Crippen LogP contribution in [-0.4, -0.2) is 25.4 Å². The van der Waals surface area contributed by atoms with E-state index in [1.165, 1.54) is 0 Å². The van der Waals surface area contributed by atoms with E-state index in [4.69, 9.17) is 5.73 Å². The zero-order chi connectivity index (χ0) is 11.5. The van der Waals surface area contributed by atoms with Crippen LogP contribution in [0.1, 0.15) is 19.0 Å². The van der Waals surface area contributed by atoms with E-state index < -0.39 is 10.8 Å². The van der Waals surface area contributed by atoms with Gasteiger partial charge in [-0.2, -0.15) is 0 Å². The van der Waals surface area contributed by atoms with Crippen LogP contribution in [0, 0.1) is 0 Å². The molecule has 0 aliphatic heterocycles. The van der Waals surface area contributed by atoms with Gasteiger partial charge in [-0.15, -0.1) is 11.3 Å². The third-order valence-corrected chi connectivity index (χ3v) is 4.94. The maximum Gasteiger partial charge on any atom is 0.193 e. The van der Waals surface area contributed by atoms with Gasteiger partial charge >= 0.3 is 0 Å². The van der Waals surface area contributed by atoms with Gasteiger partial charge in [-0.05, 0) is 13.0 Å². The summed E-state index contributed by atoms with van der Waals surface area (Å²) < 4.78 is 13.9. The topological polar surface area (TPSA) is 60.4 Å². The van der Waals surface area contributed by atoms with Crippen molar-refractivity contribution >= 4 is 27.1 Å². The molecule has 0 saturated carbocycles. The lowest BCUT2D eigenvalue weighted by atomic mass is 10.3. The van der Waals surface area contributed by atoms with Gasteiger partial charge in [-0.1, -0.05) is 6.92 Å². The van der Waals surface area contributed by atoms with Gasteiger partial charge in [0.15, 0.2) is 4.96 Å². The summed E-state index contributed by atoms with van der Waals surface area (Å²) in [7, 11) is -0.878. The lowest BCUT2D eigenvalue weighted by molar-refractivity contribution is 0.665. The average Bonchev–Trinajstić information content (AvgIpc) is 2.78. The molecule has 0 fully saturated rings. The summed E-state index contributed by atoms with van der Waals surface area (Å²) in [6.45, 7) is 2.56. The molecule has 2 rings (SSSR count). The molecule has 0 saturated heterocycles. The van der Waals surface area contributed by atoms with Gasteiger partial charge in [0.2, 0.25) is 0 Å². The summed E-state index contributed by atoms with van der Waals surface area (Å²) in [4.78, 5) is 5.37. The van der Waals surface area contributed by atoms with Crippen molar-refractivity contribution in [3.8, 4) is 0 Å². The van der Waals surface area contributed by atoms with Crippen LogP contribution in [0.25, 0.3) is 4.96 Å². The van der Waals surface area contributed by atoms with Crippen LogP contribution < -0.4 is 5.73 Å².